The number of imidazole rings is 1. The molecule has 4 aromatic rings. The molecule has 30 heavy (non-hydrogen) atoms. The smallest absolute Gasteiger partial charge is 0.213 e. The highest BCUT2D eigenvalue weighted by Crippen LogP contribution is 2.38. The summed E-state index contributed by atoms with van der Waals surface area (Å²) in [5, 5.41) is 8.51. The summed E-state index contributed by atoms with van der Waals surface area (Å²) in [6.45, 7) is 5.48. The molecule has 0 aliphatic carbocycles. The van der Waals surface area contributed by atoms with Crippen LogP contribution in [0, 0.1) is 11.8 Å². The number of nitroso groups, excluding NO2 is 1. The van der Waals surface area contributed by atoms with E-state index in [2.05, 4.69) is 26.3 Å². The largest absolute Gasteiger partial charge is 0.496 e. The van der Waals surface area contributed by atoms with Crippen molar-refractivity contribution in [2.45, 2.75) is 37.0 Å². The van der Waals surface area contributed by atoms with Gasteiger partial charge in [-0.2, -0.15) is 5.10 Å². The van der Waals surface area contributed by atoms with Crippen LogP contribution < -0.4 is 4.74 Å². The lowest BCUT2D eigenvalue weighted by Crippen LogP contribution is -2.12. The Balaban J connectivity index is 1.74. The molecule has 0 atom stereocenters. The van der Waals surface area contributed by atoms with Gasteiger partial charge in [0.1, 0.15) is 10.8 Å². The molecule has 0 unspecified atom stereocenters. The molecule has 0 spiro atoms. The maximum Gasteiger partial charge on any atom is 0.213 e. The molecule has 3 aromatic heterocycles. The molecular weight excluding hydrogens is 418 g/mol. The van der Waals surface area contributed by atoms with Crippen molar-refractivity contribution in [3.05, 3.63) is 63.9 Å². The molecule has 0 aliphatic rings. The lowest BCUT2D eigenvalue weighted by atomic mass is 10.1. The summed E-state index contributed by atoms with van der Waals surface area (Å²) < 4.78 is 7.38. The number of fused-ring (bicyclic) bond motifs is 1. The molecule has 1 aromatic carbocycles. The number of aryl methyl sites for hydroxylation is 1. The number of rotatable bonds is 7. The average molecular weight is 440 g/mol. The average Bonchev–Trinajstić information content (AvgIpc) is 3.30. The topological polar surface area (TPSA) is 81.7 Å². The number of hydrogen-bond donors (Lipinski definition) is 0. The minimum absolute atomic E-state index is 0.641. The molecule has 0 N–H and O–H groups in total. The lowest BCUT2D eigenvalue weighted by molar-refractivity contribution is 0.405. The predicted octanol–water partition coefficient (Wildman–Crippen LogP) is 5.46. The summed E-state index contributed by atoms with van der Waals surface area (Å²) in [5.74, 6) is 1.63. The van der Waals surface area contributed by atoms with Crippen molar-refractivity contribution >= 4 is 28.1 Å². The third-order valence-electron chi connectivity index (χ3n) is 4.71. The molecular formula is C21H21N5O2S2. The fourth-order valence-corrected chi connectivity index (χ4v) is 5.05. The molecule has 0 bridgehead atoms. The molecule has 9 heteroatoms. The number of ether oxygens (including phenoxy) is 1. The zero-order valence-electron chi connectivity index (χ0n) is 17.1. The van der Waals surface area contributed by atoms with E-state index >= 15 is 0 Å². The van der Waals surface area contributed by atoms with Crippen LogP contribution in [-0.2, 0) is 11.3 Å². The van der Waals surface area contributed by atoms with Gasteiger partial charge in [-0.1, -0.05) is 16.5 Å². The number of thioether (sulfide) groups is 1. The highest BCUT2D eigenvalue weighted by molar-refractivity contribution is 7.98. The highest BCUT2D eigenvalue weighted by atomic mass is 32.2. The van der Waals surface area contributed by atoms with Crippen molar-refractivity contribution in [1.29, 1.82) is 0 Å². The first kappa shape index (κ1) is 20.5. The van der Waals surface area contributed by atoms with E-state index in [0.717, 1.165) is 38.3 Å². The van der Waals surface area contributed by atoms with Crippen LogP contribution in [0.2, 0.25) is 0 Å². The van der Waals surface area contributed by atoms with E-state index in [1.807, 2.05) is 31.2 Å². The van der Waals surface area contributed by atoms with E-state index in [1.54, 1.807) is 49.6 Å². The van der Waals surface area contributed by atoms with Crippen LogP contribution in [0.5, 0.6) is 5.75 Å². The Bertz CT molecular complexity index is 1200. The van der Waals surface area contributed by atoms with E-state index in [0.29, 0.717) is 5.01 Å². The van der Waals surface area contributed by atoms with Crippen LogP contribution in [-0.4, -0.2) is 26.7 Å². The Morgan fingerprint density at radius 1 is 1.23 bits per heavy atom. The van der Waals surface area contributed by atoms with E-state index < -0.39 is 5.54 Å². The Hall–Kier alpha value is -2.78. The standard InChI is InChI=1S/C21H21N5O2S2/c1-13-18(26-20(23-13)30-19(24-26)21(2,3)25-27)15-5-6-16(28-4)17(11-15)29-12-14-7-9-22-10-8-14/h5-11H,12H2,1-4H3. The van der Waals surface area contributed by atoms with Crippen molar-refractivity contribution in [3.8, 4) is 17.0 Å². The predicted molar refractivity (Wildman–Crippen MR) is 120 cm³/mol. The first-order valence-electron chi connectivity index (χ1n) is 9.34. The fraction of sp³-hybridized carbons (Fsp3) is 0.286. The van der Waals surface area contributed by atoms with Gasteiger partial charge in [0.25, 0.3) is 0 Å². The monoisotopic (exact) mass is 439 g/mol. The number of aromatic nitrogens is 4. The molecule has 3 heterocycles. The summed E-state index contributed by atoms with van der Waals surface area (Å²) in [6, 6.07) is 10.1. The van der Waals surface area contributed by atoms with Crippen molar-refractivity contribution in [1.82, 2.24) is 19.6 Å². The van der Waals surface area contributed by atoms with Gasteiger partial charge in [0, 0.05) is 23.7 Å². The second-order valence-electron chi connectivity index (χ2n) is 7.31. The van der Waals surface area contributed by atoms with Gasteiger partial charge in [-0.3, -0.25) is 4.98 Å². The van der Waals surface area contributed by atoms with E-state index in [-0.39, 0.29) is 0 Å². The number of methoxy groups -OCH3 is 1. The molecule has 7 nitrogen and oxygen atoms in total. The van der Waals surface area contributed by atoms with Gasteiger partial charge in [-0.05, 0) is 56.7 Å². The zero-order chi connectivity index (χ0) is 21.3. The molecule has 0 fully saturated rings. The zero-order valence-corrected chi connectivity index (χ0v) is 18.8. The molecule has 0 aliphatic heterocycles. The second kappa shape index (κ2) is 8.16. The van der Waals surface area contributed by atoms with Crippen molar-refractivity contribution in [2.24, 2.45) is 5.18 Å². The number of hydrogen-bond acceptors (Lipinski definition) is 8. The van der Waals surface area contributed by atoms with Crippen LogP contribution in [0.15, 0.2) is 52.8 Å². The van der Waals surface area contributed by atoms with Gasteiger partial charge < -0.3 is 4.74 Å². The van der Waals surface area contributed by atoms with Gasteiger partial charge in [-0.15, -0.1) is 16.7 Å². The van der Waals surface area contributed by atoms with Crippen LogP contribution in [0.3, 0.4) is 0 Å². The van der Waals surface area contributed by atoms with Gasteiger partial charge in [0.2, 0.25) is 4.96 Å². The number of benzene rings is 1. The van der Waals surface area contributed by atoms with Gasteiger partial charge in [0.05, 0.1) is 23.4 Å². The van der Waals surface area contributed by atoms with Crippen LogP contribution >= 0.6 is 23.1 Å². The normalized spacial score (nSPS) is 11.7. The molecule has 0 saturated heterocycles. The Kier molecular flexibility index (Phi) is 5.57. The van der Waals surface area contributed by atoms with Gasteiger partial charge in [-0.25, -0.2) is 9.50 Å². The molecule has 0 saturated carbocycles. The van der Waals surface area contributed by atoms with E-state index in [1.165, 1.54) is 16.9 Å². The maximum absolute atomic E-state index is 11.2. The summed E-state index contributed by atoms with van der Waals surface area (Å²) >= 11 is 3.09. The minimum atomic E-state index is -0.887. The summed E-state index contributed by atoms with van der Waals surface area (Å²) in [4.78, 5) is 21.7. The van der Waals surface area contributed by atoms with Crippen molar-refractivity contribution in [3.63, 3.8) is 0 Å². The number of nitrogens with zero attached hydrogens (tertiary/aromatic N) is 5. The Morgan fingerprint density at radius 2 is 2.00 bits per heavy atom. The first-order valence-corrected chi connectivity index (χ1v) is 11.1. The SMILES string of the molecule is COc1ccc(-c2c(C)nc3sc(C(C)(C)N=O)nn23)cc1SCc1ccncc1. The third kappa shape index (κ3) is 3.82. The maximum atomic E-state index is 11.2. The third-order valence-corrected chi connectivity index (χ3v) is 7.04. The number of pyridine rings is 1. The lowest BCUT2D eigenvalue weighted by Gasteiger charge is -2.11. The summed E-state index contributed by atoms with van der Waals surface area (Å²) in [7, 11) is 1.68. The van der Waals surface area contributed by atoms with Gasteiger partial charge in [0.15, 0.2) is 5.54 Å². The molecule has 154 valence electrons. The molecule has 0 amide bonds. The van der Waals surface area contributed by atoms with Crippen molar-refractivity contribution < 1.29 is 4.74 Å². The van der Waals surface area contributed by atoms with Crippen molar-refractivity contribution in [2.75, 3.05) is 7.11 Å². The summed E-state index contributed by atoms with van der Waals surface area (Å²) in [5.41, 5.74) is 3.09. The quantitative estimate of drug-likeness (QED) is 0.281. The second-order valence-corrected chi connectivity index (χ2v) is 9.28. The molecule has 4 rings (SSSR count). The Morgan fingerprint density at radius 3 is 2.70 bits per heavy atom. The fourth-order valence-electron chi connectivity index (χ4n) is 3.04. The highest BCUT2D eigenvalue weighted by Gasteiger charge is 2.28. The molecule has 0 radical (unpaired) electrons. The van der Waals surface area contributed by atoms with Gasteiger partial charge >= 0.3 is 0 Å². The van der Waals surface area contributed by atoms with Crippen LogP contribution in [0.4, 0.5) is 0 Å². The minimum Gasteiger partial charge on any atom is -0.496 e. The van der Waals surface area contributed by atoms with E-state index in [4.69, 9.17) is 4.74 Å². The van der Waals surface area contributed by atoms with Crippen LogP contribution in [0.25, 0.3) is 16.2 Å². The Labute approximate surface area is 182 Å². The van der Waals surface area contributed by atoms with Crippen LogP contribution in [0.1, 0.15) is 30.1 Å². The summed E-state index contributed by atoms with van der Waals surface area (Å²) in [6.07, 6.45) is 3.59. The van der Waals surface area contributed by atoms with E-state index in [9.17, 15) is 4.91 Å². The first-order chi connectivity index (χ1) is 14.4.